The van der Waals surface area contributed by atoms with E-state index in [0.29, 0.717) is 0 Å². The summed E-state index contributed by atoms with van der Waals surface area (Å²) in [7, 11) is 3.30. The van der Waals surface area contributed by atoms with Crippen LogP contribution in [-0.4, -0.2) is 39.6 Å². The number of hydrogen-bond donors (Lipinski definition) is 1. The summed E-state index contributed by atoms with van der Waals surface area (Å²) in [5.74, 6) is 0. The summed E-state index contributed by atoms with van der Waals surface area (Å²) in [6.45, 7) is 8.42. The minimum atomic E-state index is -0.248. The maximum Gasteiger partial charge on any atom is 0.176 e. The Balaban J connectivity index is 2.66. The van der Waals surface area contributed by atoms with E-state index in [1.165, 1.54) is 5.69 Å². The molecular weight excluding hydrogens is 240 g/mol. The Morgan fingerprint density at radius 3 is 2.00 bits per heavy atom. The van der Waals surface area contributed by atoms with Gasteiger partial charge in [-0.05, 0) is 45.0 Å². The van der Waals surface area contributed by atoms with E-state index in [1.807, 2.05) is 6.92 Å². The predicted molar refractivity (Wildman–Crippen MR) is 80.9 cm³/mol. The van der Waals surface area contributed by atoms with Crippen LogP contribution in [0, 0.1) is 0 Å². The third kappa shape index (κ3) is 4.40. The summed E-state index contributed by atoms with van der Waals surface area (Å²) < 4.78 is 10.5. The molecule has 0 bridgehead atoms. The van der Waals surface area contributed by atoms with Gasteiger partial charge < -0.3 is 19.7 Å². The zero-order valence-electron chi connectivity index (χ0n) is 12.6. The highest BCUT2D eigenvalue weighted by atomic mass is 16.7. The highest BCUT2D eigenvalue weighted by molar-refractivity contribution is 5.55. The Bertz CT molecular complexity index is 346. The topological polar surface area (TPSA) is 33.7 Å². The number of methoxy groups -OCH3 is 2. The van der Waals surface area contributed by atoms with Crippen LogP contribution in [0.15, 0.2) is 24.3 Å². The summed E-state index contributed by atoms with van der Waals surface area (Å²) in [6.07, 6.45) is -0.248. The van der Waals surface area contributed by atoms with Crippen molar-refractivity contribution in [1.82, 2.24) is 0 Å². The molecule has 0 aliphatic heterocycles. The fourth-order valence-electron chi connectivity index (χ4n) is 2.19. The summed E-state index contributed by atoms with van der Waals surface area (Å²) in [4.78, 5) is 2.32. The van der Waals surface area contributed by atoms with Crippen molar-refractivity contribution >= 4 is 11.4 Å². The first-order valence-electron chi connectivity index (χ1n) is 6.83. The molecule has 108 valence electrons. The number of hydrogen-bond acceptors (Lipinski definition) is 4. The number of nitrogens with zero attached hydrogens (tertiary/aromatic N) is 1. The molecule has 0 saturated heterocycles. The van der Waals surface area contributed by atoms with Crippen LogP contribution in [0.5, 0.6) is 0 Å². The van der Waals surface area contributed by atoms with Crippen molar-refractivity contribution in [2.75, 3.05) is 37.5 Å². The van der Waals surface area contributed by atoms with Gasteiger partial charge in [0, 0.05) is 38.7 Å². The standard InChI is InChI=1S/C15H26N2O2/c1-6-17(7-2)14-10-8-13(9-11-14)16-12(3)15(18-4)19-5/h8-12,15-16H,6-7H2,1-5H3. The molecule has 0 aromatic heterocycles. The van der Waals surface area contributed by atoms with Crippen LogP contribution in [0.1, 0.15) is 20.8 Å². The van der Waals surface area contributed by atoms with E-state index in [0.717, 1.165) is 18.8 Å². The second-order valence-corrected chi connectivity index (χ2v) is 4.49. The normalized spacial score (nSPS) is 12.5. The molecule has 1 atom stereocenters. The van der Waals surface area contributed by atoms with Crippen LogP contribution < -0.4 is 10.2 Å². The molecule has 0 spiro atoms. The van der Waals surface area contributed by atoms with Gasteiger partial charge in [0.2, 0.25) is 0 Å². The molecule has 0 saturated carbocycles. The Labute approximate surface area is 116 Å². The van der Waals surface area contributed by atoms with E-state index < -0.39 is 0 Å². The zero-order valence-corrected chi connectivity index (χ0v) is 12.6. The number of rotatable bonds is 8. The van der Waals surface area contributed by atoms with Gasteiger partial charge in [0.25, 0.3) is 0 Å². The van der Waals surface area contributed by atoms with Crippen LogP contribution in [0.4, 0.5) is 11.4 Å². The summed E-state index contributed by atoms with van der Waals surface area (Å²) in [5.41, 5.74) is 2.32. The van der Waals surface area contributed by atoms with Crippen molar-refractivity contribution < 1.29 is 9.47 Å². The van der Waals surface area contributed by atoms with Crippen LogP contribution >= 0.6 is 0 Å². The lowest BCUT2D eigenvalue weighted by molar-refractivity contribution is -0.109. The van der Waals surface area contributed by atoms with Gasteiger partial charge >= 0.3 is 0 Å². The van der Waals surface area contributed by atoms with E-state index in [9.17, 15) is 0 Å². The third-order valence-corrected chi connectivity index (χ3v) is 3.26. The van der Waals surface area contributed by atoms with Crippen molar-refractivity contribution in [3.05, 3.63) is 24.3 Å². The molecule has 4 nitrogen and oxygen atoms in total. The first-order chi connectivity index (χ1) is 9.15. The van der Waals surface area contributed by atoms with Gasteiger partial charge in [0.15, 0.2) is 6.29 Å². The minimum absolute atomic E-state index is 0.0919. The molecule has 1 unspecified atom stereocenters. The highest BCUT2D eigenvalue weighted by Crippen LogP contribution is 2.19. The van der Waals surface area contributed by atoms with Crippen LogP contribution in [0.2, 0.25) is 0 Å². The molecule has 1 aromatic carbocycles. The van der Waals surface area contributed by atoms with Crippen molar-refractivity contribution in [3.8, 4) is 0 Å². The Hall–Kier alpha value is -1.26. The van der Waals surface area contributed by atoms with Gasteiger partial charge in [-0.25, -0.2) is 0 Å². The number of ether oxygens (including phenoxy) is 2. The molecule has 1 aromatic rings. The smallest absolute Gasteiger partial charge is 0.176 e. The molecule has 0 heterocycles. The van der Waals surface area contributed by atoms with Gasteiger partial charge in [-0.1, -0.05) is 0 Å². The maximum atomic E-state index is 5.24. The number of nitrogens with one attached hydrogen (secondary N) is 1. The van der Waals surface area contributed by atoms with Gasteiger partial charge in [0.1, 0.15) is 0 Å². The predicted octanol–water partition coefficient (Wildman–Crippen LogP) is 2.95. The molecule has 1 rings (SSSR count). The van der Waals surface area contributed by atoms with Crippen LogP contribution in [-0.2, 0) is 9.47 Å². The van der Waals surface area contributed by atoms with Crippen molar-refractivity contribution in [2.24, 2.45) is 0 Å². The molecule has 1 N–H and O–H groups in total. The highest BCUT2D eigenvalue weighted by Gasteiger charge is 2.15. The second-order valence-electron chi connectivity index (χ2n) is 4.49. The fourth-order valence-corrected chi connectivity index (χ4v) is 2.19. The van der Waals surface area contributed by atoms with E-state index in [-0.39, 0.29) is 12.3 Å². The van der Waals surface area contributed by atoms with E-state index >= 15 is 0 Å². The number of benzene rings is 1. The summed E-state index contributed by atoms with van der Waals surface area (Å²) in [6, 6.07) is 8.54. The van der Waals surface area contributed by atoms with Gasteiger partial charge in [-0.2, -0.15) is 0 Å². The van der Waals surface area contributed by atoms with E-state index in [1.54, 1.807) is 14.2 Å². The van der Waals surface area contributed by atoms with Crippen molar-refractivity contribution in [3.63, 3.8) is 0 Å². The zero-order chi connectivity index (χ0) is 14.3. The average molecular weight is 266 g/mol. The second kappa shape index (κ2) is 8.02. The van der Waals surface area contributed by atoms with Gasteiger partial charge in [-0.3, -0.25) is 0 Å². The van der Waals surface area contributed by atoms with Gasteiger partial charge in [0.05, 0.1) is 6.04 Å². The Morgan fingerprint density at radius 1 is 1.05 bits per heavy atom. The van der Waals surface area contributed by atoms with Crippen LogP contribution in [0.25, 0.3) is 0 Å². The van der Waals surface area contributed by atoms with Crippen LogP contribution in [0.3, 0.4) is 0 Å². The van der Waals surface area contributed by atoms with Gasteiger partial charge in [-0.15, -0.1) is 0 Å². The molecule has 0 fully saturated rings. The van der Waals surface area contributed by atoms with Crippen molar-refractivity contribution in [2.45, 2.75) is 33.1 Å². The monoisotopic (exact) mass is 266 g/mol. The quantitative estimate of drug-likeness (QED) is 0.734. The largest absolute Gasteiger partial charge is 0.377 e. The fraction of sp³-hybridized carbons (Fsp3) is 0.600. The first kappa shape index (κ1) is 15.8. The average Bonchev–Trinajstić information content (AvgIpc) is 2.43. The SMILES string of the molecule is CCN(CC)c1ccc(NC(C)C(OC)OC)cc1. The minimum Gasteiger partial charge on any atom is -0.377 e. The summed E-state index contributed by atoms with van der Waals surface area (Å²) >= 11 is 0. The number of anilines is 2. The molecule has 0 aliphatic rings. The molecule has 0 aliphatic carbocycles. The lowest BCUT2D eigenvalue weighted by atomic mass is 10.2. The lowest BCUT2D eigenvalue weighted by Crippen LogP contribution is -2.33. The maximum absolute atomic E-state index is 5.24. The Kier molecular flexibility index (Phi) is 6.67. The van der Waals surface area contributed by atoms with Crippen molar-refractivity contribution in [1.29, 1.82) is 0 Å². The Morgan fingerprint density at radius 2 is 1.58 bits per heavy atom. The first-order valence-corrected chi connectivity index (χ1v) is 6.83. The lowest BCUT2D eigenvalue weighted by Gasteiger charge is -2.24. The summed E-state index contributed by atoms with van der Waals surface area (Å²) in [5, 5.41) is 3.38. The van der Waals surface area contributed by atoms with E-state index in [4.69, 9.17) is 9.47 Å². The third-order valence-electron chi connectivity index (χ3n) is 3.26. The molecular formula is C15H26N2O2. The van der Waals surface area contributed by atoms with E-state index in [2.05, 4.69) is 48.3 Å². The molecule has 0 radical (unpaired) electrons. The molecule has 0 amide bonds. The molecule has 4 heteroatoms. The molecule has 19 heavy (non-hydrogen) atoms.